The van der Waals surface area contributed by atoms with E-state index in [9.17, 15) is 8.42 Å². The average molecular weight is 592 g/mol. The van der Waals surface area contributed by atoms with Crippen molar-refractivity contribution in [3.8, 4) is 11.1 Å². The number of fused-ring (bicyclic) bond motifs is 1. The van der Waals surface area contributed by atoms with Crippen molar-refractivity contribution in [2.24, 2.45) is 7.05 Å². The number of hydrogen-bond donors (Lipinski definition) is 0. The summed E-state index contributed by atoms with van der Waals surface area (Å²) < 4.78 is 31.6. The van der Waals surface area contributed by atoms with Gasteiger partial charge in [-0.25, -0.2) is 8.96 Å². The molecule has 39 heavy (non-hydrogen) atoms. The van der Waals surface area contributed by atoms with Gasteiger partial charge in [0.1, 0.15) is 5.52 Å². The fraction of sp³-hybridized carbons (Fsp3) is 0.448. The van der Waals surface area contributed by atoms with Gasteiger partial charge in [0, 0.05) is 49.1 Å². The van der Waals surface area contributed by atoms with E-state index >= 15 is 0 Å². The molecule has 214 valence electrons. The largest absolute Gasteiger partial charge is 0.309 e. The third-order valence-electron chi connectivity index (χ3n) is 7.19. The predicted molar refractivity (Wildman–Crippen MR) is 168 cm³/mol. The zero-order valence-electron chi connectivity index (χ0n) is 25.0. The van der Waals surface area contributed by atoms with Crippen molar-refractivity contribution in [2.75, 3.05) is 26.6 Å². The van der Waals surface area contributed by atoms with Crippen LogP contribution in [-0.4, -0.2) is 62.8 Å². The molecule has 4 rings (SSSR count). The van der Waals surface area contributed by atoms with Crippen LogP contribution in [0, 0.1) is 6.92 Å². The second-order valence-corrected chi connectivity index (χ2v) is 17.6. The Hall–Kier alpha value is -2.33. The molecule has 4 aromatic rings. The molecule has 0 radical (unpaired) electrons. The van der Waals surface area contributed by atoms with Crippen LogP contribution in [0.25, 0.3) is 22.0 Å². The van der Waals surface area contributed by atoms with Gasteiger partial charge in [-0.2, -0.15) is 27.8 Å². The minimum Gasteiger partial charge on any atom is -0.271 e. The highest BCUT2D eigenvalue weighted by Gasteiger charge is 2.38. The number of aryl methyl sites for hydroxylation is 2. The third-order valence-corrected chi connectivity index (χ3v) is 13.7. The number of benzene rings is 2. The third kappa shape index (κ3) is 5.64. The van der Waals surface area contributed by atoms with E-state index in [4.69, 9.17) is 21.7 Å². The van der Waals surface area contributed by atoms with Gasteiger partial charge in [0.2, 0.25) is 0 Å². The highest BCUT2D eigenvalue weighted by atomic mass is 35.5. The minimum atomic E-state index is -3.81. The van der Waals surface area contributed by atoms with Gasteiger partial charge < -0.3 is 0 Å². The number of nitrogens with zero attached hydrogens (tertiary/aromatic N) is 5. The molecule has 0 atom stereocenters. The Kier molecular flexibility index (Phi) is 9.02. The van der Waals surface area contributed by atoms with Crippen molar-refractivity contribution in [3.63, 3.8) is 0 Å². The summed E-state index contributed by atoms with van der Waals surface area (Å²) in [5.41, 5.74) is 5.29. The first kappa shape index (κ1) is 31.2. The predicted octanol–water partition coefficient (Wildman–Crippen LogP) is 6.89. The van der Waals surface area contributed by atoms with Crippen LogP contribution < -0.4 is 0 Å². The van der Waals surface area contributed by atoms with Gasteiger partial charge in [-0.3, -0.25) is 4.68 Å². The van der Waals surface area contributed by atoms with Crippen molar-refractivity contribution in [2.45, 2.75) is 57.9 Å². The Balaban J connectivity index is 0.00000205. The molecule has 0 saturated heterocycles. The van der Waals surface area contributed by atoms with E-state index in [0.29, 0.717) is 22.3 Å². The Labute approximate surface area is 240 Å². The minimum absolute atomic E-state index is 0.142. The van der Waals surface area contributed by atoms with Crippen LogP contribution in [-0.2, 0) is 23.7 Å². The van der Waals surface area contributed by atoms with Crippen LogP contribution in [0.1, 0.15) is 51.6 Å². The van der Waals surface area contributed by atoms with E-state index in [0.717, 1.165) is 33.3 Å². The zero-order valence-corrected chi connectivity index (χ0v) is 27.4. The lowest BCUT2D eigenvalue weighted by atomic mass is 10.0. The summed E-state index contributed by atoms with van der Waals surface area (Å²) in [6, 6.07) is 12.0. The lowest BCUT2D eigenvalue weighted by Gasteiger charge is -2.43. The second-order valence-electron chi connectivity index (χ2n) is 11.0. The monoisotopic (exact) mass is 591 g/mol. The van der Waals surface area contributed by atoms with Gasteiger partial charge in [0.15, 0.2) is 5.16 Å². The maximum absolute atomic E-state index is 13.6. The summed E-state index contributed by atoms with van der Waals surface area (Å²) in [7, 11) is -0.383. The first-order chi connectivity index (χ1) is 18.1. The number of hydrogen-bond acceptors (Lipinski definition) is 4. The van der Waals surface area contributed by atoms with Gasteiger partial charge >= 0.3 is 10.2 Å². The van der Waals surface area contributed by atoms with Crippen LogP contribution in [0.5, 0.6) is 0 Å². The molecule has 10 heteroatoms. The lowest BCUT2D eigenvalue weighted by molar-refractivity contribution is 0.503. The molecule has 0 N–H and O–H groups in total. The quantitative estimate of drug-likeness (QED) is 0.245. The van der Waals surface area contributed by atoms with Crippen molar-refractivity contribution in [1.29, 1.82) is 0 Å². The zero-order chi connectivity index (χ0) is 29.5. The van der Waals surface area contributed by atoms with Crippen LogP contribution in [0.15, 0.2) is 47.8 Å². The van der Waals surface area contributed by atoms with Crippen molar-refractivity contribution in [3.05, 3.63) is 64.6 Å². The molecule has 7 nitrogen and oxygen atoms in total. The molecule has 2 aromatic heterocycles. The molecule has 0 aliphatic carbocycles. The van der Waals surface area contributed by atoms with Crippen molar-refractivity contribution >= 4 is 42.7 Å². The number of rotatable bonds is 6. The maximum Gasteiger partial charge on any atom is 0.309 e. The van der Waals surface area contributed by atoms with E-state index in [-0.39, 0.29) is 4.75 Å². The fourth-order valence-electron chi connectivity index (χ4n) is 4.20. The fourth-order valence-corrected chi connectivity index (χ4v) is 7.76. The topological polar surface area (TPSA) is 73.0 Å². The molecule has 2 aromatic carbocycles. The summed E-state index contributed by atoms with van der Waals surface area (Å²) in [6.07, 6.45) is 6.31. The average Bonchev–Trinajstić information content (AvgIpc) is 3.42. The first-order valence-electron chi connectivity index (χ1n) is 13.0. The van der Waals surface area contributed by atoms with Crippen LogP contribution in [0.4, 0.5) is 0 Å². The molecule has 0 unspecified atom stereocenters. The normalized spacial score (nSPS) is 13.1. The Bertz CT molecular complexity index is 1600. The smallest absolute Gasteiger partial charge is 0.271 e. The van der Waals surface area contributed by atoms with E-state index in [1.165, 1.54) is 8.28 Å². The number of imidazole rings is 1. The molecule has 0 aliphatic heterocycles. The molecule has 0 spiro atoms. The van der Waals surface area contributed by atoms with Gasteiger partial charge in [-0.05, 0) is 35.8 Å². The van der Waals surface area contributed by atoms with Gasteiger partial charge in [0.05, 0.1) is 17.6 Å². The molecule has 0 bridgehead atoms. The highest BCUT2D eigenvalue weighted by Crippen LogP contribution is 2.59. The molecule has 2 heterocycles. The van der Waals surface area contributed by atoms with Crippen molar-refractivity contribution < 1.29 is 8.42 Å². The van der Waals surface area contributed by atoms with Gasteiger partial charge in [0.25, 0.3) is 0 Å². The summed E-state index contributed by atoms with van der Waals surface area (Å²) in [5.74, 6) is 0. The van der Waals surface area contributed by atoms with E-state index < -0.39 is 20.2 Å². The molecular weight excluding hydrogens is 550 g/mol. The molecule has 0 saturated carbocycles. The highest BCUT2D eigenvalue weighted by molar-refractivity contribution is 8.33. The summed E-state index contributed by atoms with van der Waals surface area (Å²) in [4.78, 5) is 4.73. The number of aromatic nitrogens is 4. The van der Waals surface area contributed by atoms with E-state index in [2.05, 4.69) is 33.3 Å². The van der Waals surface area contributed by atoms with Crippen LogP contribution in [0.3, 0.4) is 0 Å². The van der Waals surface area contributed by atoms with E-state index in [1.807, 2.05) is 68.9 Å². The standard InChI is InChI=1S/C27H36ClN5O2S2.C2H6/c1-18-13-14-20(23(28)15-18)21-11-10-12-22-24(32(7)30-25(21)22)16-19-17-29-26(36(8,9)27(2,3)4)33(19)37(34,35)31(5)6;1-2/h10-15,17H,16H2,1-9H3;1-2H3. The van der Waals surface area contributed by atoms with Gasteiger partial charge in [-0.1, -0.05) is 76.6 Å². The maximum atomic E-state index is 13.6. The second kappa shape index (κ2) is 11.3. The van der Waals surface area contributed by atoms with Crippen LogP contribution in [0.2, 0.25) is 5.02 Å². The molecular formula is C29H42ClN5O2S2. The molecule has 0 fully saturated rings. The Morgan fingerprint density at radius 1 is 1.03 bits per heavy atom. The van der Waals surface area contributed by atoms with E-state index in [1.54, 1.807) is 20.3 Å². The molecule has 0 amide bonds. The summed E-state index contributed by atoms with van der Waals surface area (Å²) >= 11 is 6.61. The summed E-state index contributed by atoms with van der Waals surface area (Å²) in [6.45, 7) is 12.4. The SMILES string of the molecule is CC.Cc1ccc(-c2cccc3c(Cc4cnc(S(C)(C)C(C)(C)C)n4S(=O)(=O)N(C)C)n(C)nc23)c(Cl)c1. The van der Waals surface area contributed by atoms with Gasteiger partial charge in [-0.15, -0.1) is 0 Å². The van der Waals surface area contributed by atoms with Crippen molar-refractivity contribution in [1.82, 2.24) is 23.0 Å². The molecule has 0 aliphatic rings. The Morgan fingerprint density at radius 2 is 1.67 bits per heavy atom. The Morgan fingerprint density at radius 3 is 2.23 bits per heavy atom. The van der Waals surface area contributed by atoms with Crippen LogP contribution >= 0.6 is 21.6 Å². The number of halogens is 1. The first-order valence-corrected chi connectivity index (χ1v) is 17.2. The summed E-state index contributed by atoms with van der Waals surface area (Å²) in [5, 5.41) is 7.07. The lowest BCUT2D eigenvalue weighted by Crippen LogP contribution is -2.34.